The summed E-state index contributed by atoms with van der Waals surface area (Å²) in [5.41, 5.74) is 0.229. The van der Waals surface area contributed by atoms with Crippen LogP contribution in [0.2, 0.25) is 0 Å². The summed E-state index contributed by atoms with van der Waals surface area (Å²) >= 11 is 0. The summed E-state index contributed by atoms with van der Waals surface area (Å²) in [6.07, 6.45) is 2.63. The molecule has 23 heavy (non-hydrogen) atoms. The van der Waals surface area contributed by atoms with Gasteiger partial charge in [-0.2, -0.15) is 0 Å². The SMILES string of the molecule is O=C(O)c1ccccc1-c1nccn1S(=O)(=O)c1ccccc1. The molecule has 2 aromatic carbocycles. The Hall–Kier alpha value is -2.93. The van der Waals surface area contributed by atoms with Crippen LogP contribution in [0, 0.1) is 0 Å². The number of hydrogen-bond donors (Lipinski definition) is 1. The lowest BCUT2D eigenvalue weighted by Gasteiger charge is -2.10. The van der Waals surface area contributed by atoms with Crippen LogP contribution in [0.5, 0.6) is 0 Å². The predicted molar refractivity (Wildman–Crippen MR) is 83.6 cm³/mol. The highest BCUT2D eigenvalue weighted by Gasteiger charge is 2.23. The molecular weight excluding hydrogens is 316 g/mol. The Morgan fingerprint density at radius 3 is 2.35 bits per heavy atom. The van der Waals surface area contributed by atoms with Gasteiger partial charge in [0, 0.05) is 18.0 Å². The molecule has 0 saturated heterocycles. The molecular formula is C16H12N2O4S. The van der Waals surface area contributed by atoms with Crippen molar-refractivity contribution in [1.82, 2.24) is 8.96 Å². The van der Waals surface area contributed by atoms with E-state index < -0.39 is 16.0 Å². The van der Waals surface area contributed by atoms with Crippen molar-refractivity contribution in [3.05, 3.63) is 72.6 Å². The second-order valence-corrected chi connectivity index (χ2v) is 6.53. The van der Waals surface area contributed by atoms with Crippen molar-refractivity contribution in [1.29, 1.82) is 0 Å². The minimum Gasteiger partial charge on any atom is -0.478 e. The number of aromatic nitrogens is 2. The monoisotopic (exact) mass is 328 g/mol. The van der Waals surface area contributed by atoms with Gasteiger partial charge in [-0.15, -0.1) is 0 Å². The number of carboxylic acid groups (broad SMARTS) is 1. The van der Waals surface area contributed by atoms with Gasteiger partial charge >= 0.3 is 5.97 Å². The fraction of sp³-hybridized carbons (Fsp3) is 0. The Morgan fingerprint density at radius 1 is 1.00 bits per heavy atom. The summed E-state index contributed by atoms with van der Waals surface area (Å²) in [4.78, 5) is 15.5. The largest absolute Gasteiger partial charge is 0.478 e. The van der Waals surface area contributed by atoms with Crippen molar-refractivity contribution in [3.63, 3.8) is 0 Å². The maximum Gasteiger partial charge on any atom is 0.336 e. The van der Waals surface area contributed by atoms with Crippen LogP contribution in [0.3, 0.4) is 0 Å². The molecule has 6 nitrogen and oxygen atoms in total. The minimum atomic E-state index is -3.86. The Labute approximate surface area is 132 Å². The van der Waals surface area contributed by atoms with Crippen molar-refractivity contribution in [3.8, 4) is 11.4 Å². The average molecular weight is 328 g/mol. The maximum absolute atomic E-state index is 12.7. The van der Waals surface area contributed by atoms with Crippen molar-refractivity contribution in [2.24, 2.45) is 0 Å². The van der Waals surface area contributed by atoms with Crippen molar-refractivity contribution >= 4 is 16.0 Å². The topological polar surface area (TPSA) is 89.3 Å². The lowest BCUT2D eigenvalue weighted by molar-refractivity contribution is 0.0697. The van der Waals surface area contributed by atoms with Crippen LogP contribution in [0.15, 0.2) is 71.9 Å². The zero-order valence-corrected chi connectivity index (χ0v) is 12.6. The molecule has 0 unspecified atom stereocenters. The van der Waals surface area contributed by atoms with E-state index in [1.165, 1.54) is 36.7 Å². The standard InChI is InChI=1S/C16H12N2O4S/c19-16(20)14-9-5-4-8-13(14)15-17-10-11-18(15)23(21,22)12-6-2-1-3-7-12/h1-11H,(H,19,20). The van der Waals surface area contributed by atoms with E-state index in [4.69, 9.17) is 0 Å². The predicted octanol–water partition coefficient (Wildman–Crippen LogP) is 2.49. The fourth-order valence-electron chi connectivity index (χ4n) is 2.24. The van der Waals surface area contributed by atoms with Crippen LogP contribution < -0.4 is 0 Å². The number of rotatable bonds is 4. The summed E-state index contributed by atoms with van der Waals surface area (Å²) in [7, 11) is -3.86. The highest BCUT2D eigenvalue weighted by molar-refractivity contribution is 7.90. The highest BCUT2D eigenvalue weighted by atomic mass is 32.2. The fourth-order valence-corrected chi connectivity index (χ4v) is 3.56. The quantitative estimate of drug-likeness (QED) is 0.795. The third kappa shape index (κ3) is 2.62. The first-order valence-electron chi connectivity index (χ1n) is 6.68. The highest BCUT2D eigenvalue weighted by Crippen LogP contribution is 2.25. The number of carboxylic acids is 1. The molecule has 0 atom stereocenters. The molecule has 0 bridgehead atoms. The van der Waals surface area contributed by atoms with E-state index in [-0.39, 0.29) is 21.8 Å². The van der Waals surface area contributed by atoms with E-state index in [0.29, 0.717) is 0 Å². The summed E-state index contributed by atoms with van der Waals surface area (Å²) in [6.45, 7) is 0. The number of imidazole rings is 1. The van der Waals surface area contributed by atoms with Gasteiger partial charge in [-0.25, -0.2) is 22.2 Å². The molecule has 0 aliphatic carbocycles. The second kappa shape index (κ2) is 5.69. The smallest absolute Gasteiger partial charge is 0.336 e. The van der Waals surface area contributed by atoms with Crippen LogP contribution in [-0.4, -0.2) is 28.5 Å². The Morgan fingerprint density at radius 2 is 1.65 bits per heavy atom. The molecule has 0 spiro atoms. The first kappa shape index (κ1) is 15.0. The lowest BCUT2D eigenvalue weighted by Crippen LogP contribution is -2.14. The Bertz CT molecular complexity index is 963. The van der Waals surface area contributed by atoms with Crippen LogP contribution in [0.25, 0.3) is 11.4 Å². The number of hydrogen-bond acceptors (Lipinski definition) is 4. The molecule has 3 rings (SSSR count). The molecule has 0 radical (unpaired) electrons. The maximum atomic E-state index is 12.7. The molecule has 0 saturated carbocycles. The van der Waals surface area contributed by atoms with Crippen molar-refractivity contribution < 1.29 is 18.3 Å². The van der Waals surface area contributed by atoms with Crippen LogP contribution in [0.4, 0.5) is 0 Å². The molecule has 7 heteroatoms. The van der Waals surface area contributed by atoms with Gasteiger partial charge < -0.3 is 5.11 Å². The molecule has 0 fully saturated rings. The molecule has 0 aliphatic heterocycles. The normalized spacial score (nSPS) is 11.3. The van der Waals surface area contributed by atoms with Crippen LogP contribution in [0.1, 0.15) is 10.4 Å². The summed E-state index contributed by atoms with van der Waals surface area (Å²) < 4.78 is 26.5. The third-order valence-corrected chi connectivity index (χ3v) is 4.99. The van der Waals surface area contributed by atoms with Crippen LogP contribution >= 0.6 is 0 Å². The van der Waals surface area contributed by atoms with Crippen molar-refractivity contribution in [2.45, 2.75) is 4.90 Å². The van der Waals surface area contributed by atoms with E-state index >= 15 is 0 Å². The molecule has 3 aromatic rings. The number of aromatic carboxylic acids is 1. The van der Waals surface area contributed by atoms with Gasteiger partial charge in [0.15, 0.2) is 5.82 Å². The van der Waals surface area contributed by atoms with E-state index in [1.54, 1.807) is 30.3 Å². The van der Waals surface area contributed by atoms with Gasteiger partial charge in [-0.3, -0.25) is 0 Å². The minimum absolute atomic E-state index is 0.0109. The summed E-state index contributed by atoms with van der Waals surface area (Å²) in [5.74, 6) is -1.08. The zero-order chi connectivity index (χ0) is 16.4. The van der Waals surface area contributed by atoms with Crippen molar-refractivity contribution in [2.75, 3.05) is 0 Å². The number of carbonyl (C=O) groups is 1. The molecule has 1 heterocycles. The van der Waals surface area contributed by atoms with E-state index in [1.807, 2.05) is 0 Å². The Kier molecular flexibility index (Phi) is 3.71. The summed E-state index contributed by atoms with van der Waals surface area (Å²) in [5, 5.41) is 9.29. The third-order valence-electron chi connectivity index (χ3n) is 3.31. The van der Waals surface area contributed by atoms with Gasteiger partial charge in [0.05, 0.1) is 10.5 Å². The average Bonchev–Trinajstić information content (AvgIpc) is 3.06. The van der Waals surface area contributed by atoms with E-state index in [9.17, 15) is 18.3 Å². The first-order chi connectivity index (χ1) is 11.0. The van der Waals surface area contributed by atoms with Gasteiger partial charge in [0.2, 0.25) is 0 Å². The van der Waals surface area contributed by atoms with Crippen LogP contribution in [-0.2, 0) is 10.0 Å². The Balaban J connectivity index is 2.21. The molecule has 0 amide bonds. The molecule has 0 aliphatic rings. The number of nitrogens with zero attached hydrogens (tertiary/aromatic N) is 2. The van der Waals surface area contributed by atoms with E-state index in [0.717, 1.165) is 3.97 Å². The van der Waals surface area contributed by atoms with Gasteiger partial charge in [0.25, 0.3) is 10.0 Å². The lowest BCUT2D eigenvalue weighted by atomic mass is 10.1. The second-order valence-electron chi connectivity index (χ2n) is 4.72. The molecule has 1 aromatic heterocycles. The van der Waals surface area contributed by atoms with E-state index in [2.05, 4.69) is 4.98 Å². The number of benzene rings is 2. The molecule has 116 valence electrons. The summed E-state index contributed by atoms with van der Waals surface area (Å²) in [6, 6.07) is 14.1. The van der Waals surface area contributed by atoms with Gasteiger partial charge in [-0.1, -0.05) is 36.4 Å². The molecule has 1 N–H and O–H groups in total. The van der Waals surface area contributed by atoms with Gasteiger partial charge in [-0.05, 0) is 18.2 Å². The zero-order valence-electron chi connectivity index (χ0n) is 11.8. The van der Waals surface area contributed by atoms with Gasteiger partial charge in [0.1, 0.15) is 0 Å². The first-order valence-corrected chi connectivity index (χ1v) is 8.12.